The number of amides is 1. The normalized spacial score (nSPS) is 10.4. The lowest BCUT2D eigenvalue weighted by molar-refractivity contribution is -0.129. The zero-order valence-electron chi connectivity index (χ0n) is 11.1. The van der Waals surface area contributed by atoms with Crippen molar-refractivity contribution in [2.24, 2.45) is 0 Å². The summed E-state index contributed by atoms with van der Waals surface area (Å²) in [7, 11) is 3.51. The van der Waals surface area contributed by atoms with Gasteiger partial charge in [0.2, 0.25) is 0 Å². The predicted octanol–water partition coefficient (Wildman–Crippen LogP) is 1.19. The Morgan fingerprint density at radius 3 is 2.50 bits per heavy atom. The molecule has 0 bridgehead atoms. The molecular weight excluding hydrogens is 232 g/mol. The molecule has 0 saturated heterocycles. The summed E-state index contributed by atoms with van der Waals surface area (Å²) < 4.78 is 10.6. The van der Waals surface area contributed by atoms with Crippen molar-refractivity contribution in [2.45, 2.75) is 13.5 Å². The monoisotopic (exact) mass is 252 g/mol. The van der Waals surface area contributed by atoms with Crippen molar-refractivity contribution in [1.82, 2.24) is 10.4 Å². The van der Waals surface area contributed by atoms with Crippen molar-refractivity contribution in [3.05, 3.63) is 29.8 Å². The molecular formula is C13H20N2O3. The zero-order chi connectivity index (χ0) is 13.4. The first kappa shape index (κ1) is 14.5. The van der Waals surface area contributed by atoms with Gasteiger partial charge in [0, 0.05) is 14.1 Å². The van der Waals surface area contributed by atoms with Gasteiger partial charge in [-0.05, 0) is 24.6 Å². The highest BCUT2D eigenvalue weighted by atomic mass is 16.5. The van der Waals surface area contributed by atoms with Crippen LogP contribution in [0.4, 0.5) is 0 Å². The molecule has 0 aliphatic rings. The smallest absolute Gasteiger partial charge is 0.260 e. The van der Waals surface area contributed by atoms with Crippen molar-refractivity contribution in [1.29, 1.82) is 0 Å². The summed E-state index contributed by atoms with van der Waals surface area (Å²) in [5, 5.41) is 1.59. The van der Waals surface area contributed by atoms with Crippen LogP contribution in [0.25, 0.3) is 0 Å². The minimum atomic E-state index is -0.161. The van der Waals surface area contributed by atoms with Gasteiger partial charge in [0.25, 0.3) is 5.91 Å². The fourth-order valence-corrected chi connectivity index (χ4v) is 1.39. The number of nitrogens with zero attached hydrogens (tertiary/aromatic N) is 1. The van der Waals surface area contributed by atoms with Gasteiger partial charge < -0.3 is 9.47 Å². The molecule has 0 spiro atoms. The molecule has 5 heteroatoms. The van der Waals surface area contributed by atoms with E-state index in [0.29, 0.717) is 13.2 Å². The van der Waals surface area contributed by atoms with E-state index in [1.165, 1.54) is 0 Å². The maximum absolute atomic E-state index is 11.3. The van der Waals surface area contributed by atoms with E-state index in [0.717, 1.165) is 11.3 Å². The van der Waals surface area contributed by atoms with E-state index < -0.39 is 0 Å². The largest absolute Gasteiger partial charge is 0.494 e. The van der Waals surface area contributed by atoms with Crippen molar-refractivity contribution in [3.63, 3.8) is 0 Å². The third-order valence-corrected chi connectivity index (χ3v) is 2.08. The van der Waals surface area contributed by atoms with E-state index >= 15 is 0 Å². The molecule has 100 valence electrons. The number of benzene rings is 1. The lowest BCUT2D eigenvalue weighted by Gasteiger charge is -2.11. The van der Waals surface area contributed by atoms with Crippen LogP contribution in [0.15, 0.2) is 24.3 Å². The molecule has 0 heterocycles. The fourth-order valence-electron chi connectivity index (χ4n) is 1.39. The van der Waals surface area contributed by atoms with Gasteiger partial charge in [-0.15, -0.1) is 0 Å². The molecule has 1 aromatic carbocycles. The molecule has 0 fully saturated rings. The summed E-state index contributed by atoms with van der Waals surface area (Å²) in [5.41, 5.74) is 3.61. The van der Waals surface area contributed by atoms with Gasteiger partial charge in [-0.1, -0.05) is 12.1 Å². The van der Waals surface area contributed by atoms with Crippen molar-refractivity contribution in [3.8, 4) is 5.75 Å². The standard InChI is InChI=1S/C13H20N2O3/c1-4-18-12-7-5-11(6-8-12)9-17-10-13(16)14-15(2)3/h5-8H,4,9-10H2,1-3H3,(H,14,16). The van der Waals surface area contributed by atoms with Crippen LogP contribution < -0.4 is 10.2 Å². The van der Waals surface area contributed by atoms with Gasteiger partial charge in [-0.25, -0.2) is 5.01 Å². The van der Waals surface area contributed by atoms with Crippen LogP contribution in [-0.2, 0) is 16.1 Å². The third kappa shape index (κ3) is 5.65. The van der Waals surface area contributed by atoms with Crippen LogP contribution in [0, 0.1) is 0 Å². The van der Waals surface area contributed by atoms with Gasteiger partial charge >= 0.3 is 0 Å². The lowest BCUT2D eigenvalue weighted by atomic mass is 10.2. The number of hydrogen-bond acceptors (Lipinski definition) is 4. The maximum atomic E-state index is 11.3. The SMILES string of the molecule is CCOc1ccc(COCC(=O)NN(C)C)cc1. The van der Waals surface area contributed by atoms with Crippen LogP contribution in [0.1, 0.15) is 12.5 Å². The molecule has 0 radical (unpaired) electrons. The number of rotatable bonds is 7. The molecule has 0 aliphatic heterocycles. The summed E-state index contributed by atoms with van der Waals surface area (Å²) in [4.78, 5) is 11.3. The predicted molar refractivity (Wildman–Crippen MR) is 69.1 cm³/mol. The van der Waals surface area contributed by atoms with Crippen LogP contribution in [0.5, 0.6) is 5.75 Å². The summed E-state index contributed by atoms with van der Waals surface area (Å²) in [6, 6.07) is 7.63. The highest BCUT2D eigenvalue weighted by Gasteiger charge is 2.02. The molecule has 0 aliphatic carbocycles. The Labute approximate surface area is 108 Å². The first-order valence-electron chi connectivity index (χ1n) is 5.88. The minimum absolute atomic E-state index is 0.0470. The van der Waals surface area contributed by atoms with Crippen LogP contribution >= 0.6 is 0 Å². The third-order valence-electron chi connectivity index (χ3n) is 2.08. The maximum Gasteiger partial charge on any atom is 0.260 e. The zero-order valence-corrected chi connectivity index (χ0v) is 11.1. The van der Waals surface area contributed by atoms with Gasteiger partial charge in [-0.2, -0.15) is 0 Å². The molecule has 1 N–H and O–H groups in total. The minimum Gasteiger partial charge on any atom is -0.494 e. The van der Waals surface area contributed by atoms with Crippen LogP contribution in [0.3, 0.4) is 0 Å². The number of nitrogens with one attached hydrogen (secondary N) is 1. The molecule has 5 nitrogen and oxygen atoms in total. The Kier molecular flexibility index (Phi) is 6.18. The van der Waals surface area contributed by atoms with E-state index in [1.807, 2.05) is 31.2 Å². The molecule has 1 rings (SSSR count). The molecule has 18 heavy (non-hydrogen) atoms. The second-order valence-electron chi connectivity index (χ2n) is 4.00. The first-order chi connectivity index (χ1) is 8.61. The fraction of sp³-hybridized carbons (Fsp3) is 0.462. The van der Waals surface area contributed by atoms with Gasteiger partial charge in [0.15, 0.2) is 0 Å². The van der Waals surface area contributed by atoms with E-state index in [4.69, 9.17) is 9.47 Å². The highest BCUT2D eigenvalue weighted by Crippen LogP contribution is 2.12. The Morgan fingerprint density at radius 1 is 1.28 bits per heavy atom. The van der Waals surface area contributed by atoms with Crippen molar-refractivity contribution in [2.75, 3.05) is 27.3 Å². The topological polar surface area (TPSA) is 50.8 Å². The quantitative estimate of drug-likeness (QED) is 0.741. The molecule has 1 amide bonds. The Hall–Kier alpha value is -1.59. The van der Waals surface area contributed by atoms with Crippen molar-refractivity contribution >= 4 is 5.91 Å². The van der Waals surface area contributed by atoms with E-state index in [9.17, 15) is 4.79 Å². The van der Waals surface area contributed by atoms with Gasteiger partial charge in [-0.3, -0.25) is 10.2 Å². The average Bonchev–Trinajstić information content (AvgIpc) is 2.31. The number of carbonyl (C=O) groups excluding carboxylic acids is 1. The van der Waals surface area contributed by atoms with Gasteiger partial charge in [0.05, 0.1) is 13.2 Å². The lowest BCUT2D eigenvalue weighted by Crippen LogP contribution is -2.38. The van der Waals surface area contributed by atoms with Gasteiger partial charge in [0.1, 0.15) is 12.4 Å². The summed E-state index contributed by atoms with van der Waals surface area (Å²) in [6.45, 7) is 3.06. The first-order valence-corrected chi connectivity index (χ1v) is 5.88. The molecule has 0 atom stereocenters. The molecule has 0 aromatic heterocycles. The van der Waals surface area contributed by atoms with Crippen LogP contribution in [-0.4, -0.2) is 38.2 Å². The van der Waals surface area contributed by atoms with E-state index in [2.05, 4.69) is 5.43 Å². The van der Waals surface area contributed by atoms with Crippen molar-refractivity contribution < 1.29 is 14.3 Å². The average molecular weight is 252 g/mol. The van der Waals surface area contributed by atoms with E-state index in [1.54, 1.807) is 19.1 Å². The molecule has 0 saturated carbocycles. The Morgan fingerprint density at radius 2 is 1.94 bits per heavy atom. The number of ether oxygens (including phenoxy) is 2. The highest BCUT2D eigenvalue weighted by molar-refractivity contribution is 5.76. The second kappa shape index (κ2) is 7.68. The van der Waals surface area contributed by atoms with Crippen LogP contribution in [0.2, 0.25) is 0 Å². The Bertz CT molecular complexity index is 363. The molecule has 1 aromatic rings. The summed E-state index contributed by atoms with van der Waals surface area (Å²) in [5.74, 6) is 0.678. The summed E-state index contributed by atoms with van der Waals surface area (Å²) >= 11 is 0. The number of carbonyl (C=O) groups is 1. The van der Waals surface area contributed by atoms with E-state index in [-0.39, 0.29) is 12.5 Å². The summed E-state index contributed by atoms with van der Waals surface area (Å²) in [6.07, 6.45) is 0. The second-order valence-corrected chi connectivity index (χ2v) is 4.00. The number of hydrogen-bond donors (Lipinski definition) is 1. The Balaban J connectivity index is 2.28. The number of hydrazine groups is 1. The molecule has 0 unspecified atom stereocenters.